The summed E-state index contributed by atoms with van der Waals surface area (Å²) in [6.45, 7) is 0.506. The molecule has 9 heteroatoms. The highest BCUT2D eigenvalue weighted by Crippen LogP contribution is 2.42. The molecule has 0 amide bonds. The van der Waals surface area contributed by atoms with Gasteiger partial charge in [0, 0.05) is 47.3 Å². The first-order valence-electron chi connectivity index (χ1n) is 10.4. The fraction of sp³-hybridized carbons (Fsp3) is 0.348. The van der Waals surface area contributed by atoms with Crippen molar-refractivity contribution in [2.24, 2.45) is 5.73 Å². The topological polar surface area (TPSA) is 108 Å². The molecule has 1 saturated carbocycles. The van der Waals surface area contributed by atoms with E-state index in [9.17, 15) is 13.2 Å². The normalized spacial score (nSPS) is 21.4. The quantitative estimate of drug-likeness (QED) is 0.609. The van der Waals surface area contributed by atoms with Crippen molar-refractivity contribution in [3.05, 3.63) is 75.8 Å². The van der Waals surface area contributed by atoms with Crippen LogP contribution in [-0.4, -0.2) is 36.0 Å². The van der Waals surface area contributed by atoms with Gasteiger partial charge in [0.15, 0.2) is 9.84 Å². The van der Waals surface area contributed by atoms with Crippen molar-refractivity contribution in [3.63, 3.8) is 0 Å². The van der Waals surface area contributed by atoms with Gasteiger partial charge in [-0.2, -0.15) is 5.10 Å². The second-order valence-electron chi connectivity index (χ2n) is 8.41. The van der Waals surface area contributed by atoms with Crippen LogP contribution >= 0.6 is 11.6 Å². The van der Waals surface area contributed by atoms with Crippen molar-refractivity contribution in [1.29, 1.82) is 0 Å². The Morgan fingerprint density at radius 2 is 1.91 bits per heavy atom. The van der Waals surface area contributed by atoms with Gasteiger partial charge >= 0.3 is 0 Å². The van der Waals surface area contributed by atoms with E-state index in [2.05, 4.69) is 16.1 Å². The molecule has 1 fully saturated rings. The highest BCUT2D eigenvalue weighted by atomic mass is 35.5. The fourth-order valence-electron chi connectivity index (χ4n) is 4.43. The minimum atomic E-state index is -3.40. The highest BCUT2D eigenvalue weighted by Gasteiger charge is 2.37. The molecule has 168 valence electrons. The summed E-state index contributed by atoms with van der Waals surface area (Å²) in [6.07, 6.45) is 7.12. The van der Waals surface area contributed by atoms with Crippen molar-refractivity contribution in [3.8, 4) is 11.3 Å². The number of pyridine rings is 1. The Morgan fingerprint density at radius 3 is 2.56 bits per heavy atom. The lowest BCUT2D eigenvalue weighted by atomic mass is 9.68. The molecule has 2 aromatic heterocycles. The van der Waals surface area contributed by atoms with Crippen molar-refractivity contribution in [2.75, 3.05) is 12.8 Å². The largest absolute Gasteiger partial charge is 0.330 e. The van der Waals surface area contributed by atoms with Crippen LogP contribution in [0.4, 0.5) is 0 Å². The van der Waals surface area contributed by atoms with Crippen LogP contribution < -0.4 is 11.3 Å². The molecule has 2 heterocycles. The molecular weight excluding hydrogens is 448 g/mol. The number of sulfone groups is 1. The summed E-state index contributed by atoms with van der Waals surface area (Å²) in [7, 11) is -3.40. The molecule has 2 N–H and O–H groups in total. The van der Waals surface area contributed by atoms with Crippen molar-refractivity contribution in [2.45, 2.75) is 42.0 Å². The van der Waals surface area contributed by atoms with E-state index in [1.807, 2.05) is 18.2 Å². The van der Waals surface area contributed by atoms with Crippen LogP contribution in [0.25, 0.3) is 11.3 Å². The van der Waals surface area contributed by atoms with E-state index in [4.69, 9.17) is 17.3 Å². The van der Waals surface area contributed by atoms with E-state index in [0.717, 1.165) is 37.5 Å². The minimum Gasteiger partial charge on any atom is -0.330 e. The predicted molar refractivity (Wildman–Crippen MR) is 125 cm³/mol. The van der Waals surface area contributed by atoms with Gasteiger partial charge in [-0.25, -0.2) is 13.1 Å². The summed E-state index contributed by atoms with van der Waals surface area (Å²) < 4.78 is 25.3. The number of benzene rings is 1. The van der Waals surface area contributed by atoms with E-state index >= 15 is 0 Å². The summed E-state index contributed by atoms with van der Waals surface area (Å²) in [5.41, 5.74) is 8.03. The fourth-order valence-corrected chi connectivity index (χ4v) is 5.21. The first kappa shape index (κ1) is 22.6. The third-order valence-corrected chi connectivity index (χ3v) is 7.66. The molecule has 0 bridgehead atoms. The summed E-state index contributed by atoms with van der Waals surface area (Å²) in [6, 6.07) is 12.4. The molecule has 0 saturated heterocycles. The smallest absolute Gasteiger partial charge is 0.267 e. The Balaban J connectivity index is 1.62. The van der Waals surface area contributed by atoms with Crippen LogP contribution in [0.3, 0.4) is 0 Å². The van der Waals surface area contributed by atoms with Crippen molar-refractivity contribution >= 4 is 21.4 Å². The Kier molecular flexibility index (Phi) is 6.20. The van der Waals surface area contributed by atoms with Crippen molar-refractivity contribution in [1.82, 2.24) is 14.8 Å². The monoisotopic (exact) mass is 472 g/mol. The number of rotatable bonds is 5. The van der Waals surface area contributed by atoms with Gasteiger partial charge in [0.25, 0.3) is 5.56 Å². The van der Waals surface area contributed by atoms with E-state index < -0.39 is 9.84 Å². The molecular formula is C23H25ClN4O3S. The molecule has 7 nitrogen and oxygen atoms in total. The maximum absolute atomic E-state index is 12.6. The third-order valence-electron chi connectivity index (χ3n) is 6.35. The number of aromatic nitrogens is 3. The van der Waals surface area contributed by atoms with Gasteiger partial charge in [-0.3, -0.25) is 9.78 Å². The molecule has 3 aromatic rings. The second kappa shape index (κ2) is 8.77. The van der Waals surface area contributed by atoms with E-state index in [-0.39, 0.29) is 21.9 Å². The third kappa shape index (κ3) is 4.48. The number of hydrogen-bond donors (Lipinski definition) is 1. The zero-order valence-electron chi connectivity index (χ0n) is 17.7. The van der Waals surface area contributed by atoms with Crippen LogP contribution in [0.5, 0.6) is 0 Å². The average molecular weight is 473 g/mol. The molecule has 4 rings (SSSR count). The van der Waals surface area contributed by atoms with E-state index in [1.165, 1.54) is 23.0 Å². The van der Waals surface area contributed by atoms with Crippen LogP contribution in [0.2, 0.25) is 5.02 Å². The van der Waals surface area contributed by atoms with Gasteiger partial charge in [0.1, 0.15) is 0 Å². The maximum Gasteiger partial charge on any atom is 0.267 e. The highest BCUT2D eigenvalue weighted by molar-refractivity contribution is 7.90. The number of halogens is 1. The summed E-state index contributed by atoms with van der Waals surface area (Å²) in [5, 5.41) is 5.25. The molecule has 32 heavy (non-hydrogen) atoms. The first-order chi connectivity index (χ1) is 15.2. The molecule has 1 aliphatic rings. The van der Waals surface area contributed by atoms with Gasteiger partial charge in [0.2, 0.25) is 0 Å². The molecule has 0 aliphatic heterocycles. The maximum atomic E-state index is 12.6. The van der Waals surface area contributed by atoms with Gasteiger partial charge in [-0.05, 0) is 55.5 Å². The van der Waals surface area contributed by atoms with Crippen LogP contribution in [-0.2, 0) is 15.3 Å². The lowest BCUT2D eigenvalue weighted by molar-refractivity contribution is 0.222. The van der Waals surface area contributed by atoms with Crippen molar-refractivity contribution < 1.29 is 8.42 Å². The molecule has 0 unspecified atom stereocenters. The standard InChI is InChI=1S/C23H25ClN4O3S/c1-32(30,31)20-11-16(13-26-14-20)21-5-6-22(29)28(27-21)19-7-9-23(15-25,10-8-19)17-3-2-4-18(24)12-17/h2-6,11-14,19H,7-10,15,25H2,1H3/t19-,23-. The zero-order valence-corrected chi connectivity index (χ0v) is 19.3. The minimum absolute atomic E-state index is 0.0626. The summed E-state index contributed by atoms with van der Waals surface area (Å²) in [4.78, 5) is 16.8. The van der Waals surface area contributed by atoms with Gasteiger partial charge in [-0.1, -0.05) is 23.7 Å². The van der Waals surface area contributed by atoms with Crippen LogP contribution in [0, 0.1) is 0 Å². The molecule has 0 radical (unpaired) electrons. The van der Waals surface area contributed by atoms with Gasteiger partial charge in [0.05, 0.1) is 16.6 Å². The van der Waals surface area contributed by atoms with E-state index in [1.54, 1.807) is 12.3 Å². The first-order valence-corrected chi connectivity index (χ1v) is 12.7. The predicted octanol–water partition coefficient (Wildman–Crippen LogP) is 3.37. The Morgan fingerprint density at radius 1 is 1.16 bits per heavy atom. The van der Waals surface area contributed by atoms with Gasteiger partial charge < -0.3 is 5.73 Å². The van der Waals surface area contributed by atoms with Crippen LogP contribution in [0.15, 0.2) is 64.5 Å². The summed E-state index contributed by atoms with van der Waals surface area (Å²) >= 11 is 6.20. The lowest BCUT2D eigenvalue weighted by Gasteiger charge is -2.40. The molecule has 0 atom stereocenters. The number of nitrogens with two attached hydrogens (primary N) is 1. The average Bonchev–Trinajstić information content (AvgIpc) is 2.79. The zero-order chi connectivity index (χ0) is 22.9. The molecule has 1 aliphatic carbocycles. The Bertz CT molecular complexity index is 1300. The SMILES string of the molecule is CS(=O)(=O)c1cncc(-c2ccc(=O)n([C@H]3CC[C@](CN)(c4cccc(Cl)c4)CC3)n2)c1. The lowest BCUT2D eigenvalue weighted by Crippen LogP contribution is -2.41. The van der Waals surface area contributed by atoms with Crippen LogP contribution in [0.1, 0.15) is 37.3 Å². The second-order valence-corrected chi connectivity index (χ2v) is 10.9. The summed E-state index contributed by atoms with van der Waals surface area (Å²) in [5.74, 6) is 0. The number of hydrogen-bond acceptors (Lipinski definition) is 6. The molecule has 0 spiro atoms. The Labute approximate surface area is 192 Å². The van der Waals surface area contributed by atoms with E-state index in [0.29, 0.717) is 22.8 Å². The Hall–Kier alpha value is -2.55. The molecule has 1 aromatic carbocycles. The number of nitrogens with zero attached hydrogens (tertiary/aromatic N) is 3. The van der Waals surface area contributed by atoms with Gasteiger partial charge in [-0.15, -0.1) is 0 Å².